The highest BCUT2D eigenvalue weighted by molar-refractivity contribution is 7.11. The van der Waals surface area contributed by atoms with Crippen molar-refractivity contribution in [2.24, 2.45) is 0 Å². The second-order valence-corrected chi connectivity index (χ2v) is 6.02. The van der Waals surface area contributed by atoms with Crippen molar-refractivity contribution < 1.29 is 4.74 Å². The van der Waals surface area contributed by atoms with Gasteiger partial charge in [0.05, 0.1) is 11.6 Å². The van der Waals surface area contributed by atoms with Crippen molar-refractivity contribution in [3.05, 3.63) is 45.4 Å². The number of thiazole rings is 1. The number of hydrogen-bond donors (Lipinski definition) is 1. The van der Waals surface area contributed by atoms with Crippen LogP contribution < -0.4 is 10.1 Å². The van der Waals surface area contributed by atoms with E-state index in [1.165, 1.54) is 16.0 Å². The molecule has 108 valence electrons. The van der Waals surface area contributed by atoms with Gasteiger partial charge in [-0.2, -0.15) is 0 Å². The van der Waals surface area contributed by atoms with Crippen LogP contribution in [0, 0.1) is 13.8 Å². The van der Waals surface area contributed by atoms with Gasteiger partial charge in [0.15, 0.2) is 0 Å². The minimum absolute atomic E-state index is 0.680. The van der Waals surface area contributed by atoms with Crippen LogP contribution in [0.1, 0.15) is 27.9 Å². The van der Waals surface area contributed by atoms with Crippen LogP contribution >= 0.6 is 11.3 Å². The van der Waals surface area contributed by atoms with Gasteiger partial charge in [0, 0.05) is 24.0 Å². The zero-order valence-corrected chi connectivity index (χ0v) is 13.2. The maximum atomic E-state index is 5.91. The van der Waals surface area contributed by atoms with Gasteiger partial charge in [0.1, 0.15) is 5.75 Å². The molecule has 0 aliphatic heterocycles. The summed E-state index contributed by atoms with van der Waals surface area (Å²) in [7, 11) is 0. The molecule has 20 heavy (non-hydrogen) atoms. The largest absolute Gasteiger partial charge is 0.493 e. The van der Waals surface area contributed by atoms with Gasteiger partial charge in [-0.1, -0.05) is 25.1 Å². The Morgan fingerprint density at radius 2 is 2.00 bits per heavy atom. The van der Waals surface area contributed by atoms with Gasteiger partial charge in [-0.3, -0.25) is 0 Å². The van der Waals surface area contributed by atoms with Crippen LogP contribution in [-0.4, -0.2) is 18.1 Å². The normalized spacial score (nSPS) is 10.8. The lowest BCUT2D eigenvalue weighted by atomic mass is 10.1. The maximum Gasteiger partial charge on any atom is 0.125 e. The molecule has 0 aliphatic rings. The lowest BCUT2D eigenvalue weighted by molar-refractivity contribution is 0.317. The van der Waals surface area contributed by atoms with Crippen LogP contribution in [-0.2, 0) is 13.0 Å². The zero-order chi connectivity index (χ0) is 14.4. The Hall–Kier alpha value is -1.39. The summed E-state index contributed by atoms with van der Waals surface area (Å²) >= 11 is 1.76. The Morgan fingerprint density at radius 3 is 2.70 bits per heavy atom. The fourth-order valence-corrected chi connectivity index (χ4v) is 2.93. The molecule has 0 spiro atoms. The monoisotopic (exact) mass is 290 g/mol. The number of rotatable bonds is 7. The highest BCUT2D eigenvalue weighted by Gasteiger charge is 2.05. The third-order valence-corrected chi connectivity index (χ3v) is 4.18. The molecule has 0 amide bonds. The first kappa shape index (κ1) is 15.0. The highest BCUT2D eigenvalue weighted by atomic mass is 32.1. The third-order valence-electron chi connectivity index (χ3n) is 3.12. The predicted molar refractivity (Wildman–Crippen MR) is 84.6 cm³/mol. The smallest absolute Gasteiger partial charge is 0.125 e. The number of nitrogens with one attached hydrogen (secondary N) is 1. The molecule has 1 N–H and O–H groups in total. The SMILES string of the molecule is CCNCc1cnc(CCOc2c(C)cccc2C)s1. The summed E-state index contributed by atoms with van der Waals surface area (Å²) in [4.78, 5) is 5.73. The molecule has 1 heterocycles. The average Bonchev–Trinajstić information content (AvgIpc) is 2.88. The fraction of sp³-hybridized carbons (Fsp3) is 0.438. The van der Waals surface area contributed by atoms with Crippen LogP contribution in [0.3, 0.4) is 0 Å². The Bertz CT molecular complexity index is 531. The minimum atomic E-state index is 0.680. The Kier molecular flexibility index (Phi) is 5.56. The van der Waals surface area contributed by atoms with E-state index >= 15 is 0 Å². The van der Waals surface area contributed by atoms with E-state index in [1.54, 1.807) is 11.3 Å². The van der Waals surface area contributed by atoms with Crippen molar-refractivity contribution in [2.45, 2.75) is 33.7 Å². The van der Waals surface area contributed by atoms with Crippen LogP contribution in [0.25, 0.3) is 0 Å². The molecule has 2 rings (SSSR count). The highest BCUT2D eigenvalue weighted by Crippen LogP contribution is 2.22. The van der Waals surface area contributed by atoms with E-state index in [2.05, 4.69) is 49.3 Å². The molecule has 0 saturated heterocycles. The van der Waals surface area contributed by atoms with Crippen LogP contribution in [0.5, 0.6) is 5.75 Å². The molecule has 0 fully saturated rings. The van der Waals surface area contributed by atoms with Gasteiger partial charge in [-0.05, 0) is 31.5 Å². The van der Waals surface area contributed by atoms with Crippen molar-refractivity contribution >= 4 is 11.3 Å². The minimum Gasteiger partial charge on any atom is -0.493 e. The van der Waals surface area contributed by atoms with Crippen molar-refractivity contribution in [3.8, 4) is 5.75 Å². The first-order valence-electron chi connectivity index (χ1n) is 7.04. The van der Waals surface area contributed by atoms with E-state index in [1.807, 2.05) is 6.20 Å². The second kappa shape index (κ2) is 7.41. The zero-order valence-electron chi connectivity index (χ0n) is 12.4. The van der Waals surface area contributed by atoms with Crippen LogP contribution in [0.2, 0.25) is 0 Å². The number of benzene rings is 1. The number of hydrogen-bond acceptors (Lipinski definition) is 4. The molecule has 2 aromatic rings. The number of aromatic nitrogens is 1. The quantitative estimate of drug-likeness (QED) is 0.847. The van der Waals surface area contributed by atoms with E-state index in [0.29, 0.717) is 6.61 Å². The van der Waals surface area contributed by atoms with E-state index < -0.39 is 0 Å². The molecule has 0 atom stereocenters. The number of ether oxygens (including phenoxy) is 1. The number of para-hydroxylation sites is 1. The van der Waals surface area contributed by atoms with Gasteiger partial charge >= 0.3 is 0 Å². The first-order chi connectivity index (χ1) is 9.70. The van der Waals surface area contributed by atoms with E-state index in [0.717, 1.165) is 30.3 Å². The standard InChI is InChI=1S/C16H22N2OS/c1-4-17-10-14-11-18-15(20-14)8-9-19-16-12(2)6-5-7-13(16)3/h5-7,11,17H,4,8-10H2,1-3H3. The molecule has 0 saturated carbocycles. The molecule has 1 aromatic carbocycles. The molecule has 0 unspecified atom stereocenters. The van der Waals surface area contributed by atoms with E-state index in [4.69, 9.17) is 4.74 Å². The van der Waals surface area contributed by atoms with Crippen molar-refractivity contribution in [2.75, 3.05) is 13.2 Å². The molecule has 4 heteroatoms. The second-order valence-electron chi connectivity index (χ2n) is 4.82. The molecular formula is C16H22N2OS. The summed E-state index contributed by atoms with van der Waals surface area (Å²) < 4.78 is 5.91. The number of aryl methyl sites for hydroxylation is 2. The Morgan fingerprint density at radius 1 is 1.25 bits per heavy atom. The summed E-state index contributed by atoms with van der Waals surface area (Å²) in [5.41, 5.74) is 2.38. The van der Waals surface area contributed by atoms with Gasteiger partial charge in [-0.15, -0.1) is 11.3 Å². The summed E-state index contributed by atoms with van der Waals surface area (Å²) in [5.74, 6) is 1.01. The van der Waals surface area contributed by atoms with Gasteiger partial charge in [0.25, 0.3) is 0 Å². The van der Waals surface area contributed by atoms with Crippen LogP contribution in [0.4, 0.5) is 0 Å². The van der Waals surface area contributed by atoms with Gasteiger partial charge in [-0.25, -0.2) is 4.98 Å². The average molecular weight is 290 g/mol. The van der Waals surface area contributed by atoms with E-state index in [9.17, 15) is 0 Å². The topological polar surface area (TPSA) is 34.2 Å². The lowest BCUT2D eigenvalue weighted by Gasteiger charge is -2.10. The molecule has 0 bridgehead atoms. The van der Waals surface area contributed by atoms with E-state index in [-0.39, 0.29) is 0 Å². The van der Waals surface area contributed by atoms with Crippen molar-refractivity contribution in [1.29, 1.82) is 0 Å². The van der Waals surface area contributed by atoms with Crippen molar-refractivity contribution in [3.63, 3.8) is 0 Å². The van der Waals surface area contributed by atoms with Crippen LogP contribution in [0.15, 0.2) is 24.4 Å². The molecular weight excluding hydrogens is 268 g/mol. The number of nitrogens with zero attached hydrogens (tertiary/aromatic N) is 1. The van der Waals surface area contributed by atoms with Gasteiger partial charge < -0.3 is 10.1 Å². The fourth-order valence-electron chi connectivity index (χ4n) is 2.06. The summed E-state index contributed by atoms with van der Waals surface area (Å²) in [6.45, 7) is 8.86. The predicted octanol–water partition coefficient (Wildman–Crippen LogP) is 3.49. The summed E-state index contributed by atoms with van der Waals surface area (Å²) in [5, 5.41) is 4.46. The molecule has 0 aliphatic carbocycles. The maximum absolute atomic E-state index is 5.91. The third kappa shape index (κ3) is 4.05. The van der Waals surface area contributed by atoms with Crippen molar-refractivity contribution in [1.82, 2.24) is 10.3 Å². The molecule has 3 nitrogen and oxygen atoms in total. The molecule has 0 radical (unpaired) electrons. The first-order valence-corrected chi connectivity index (χ1v) is 7.85. The summed E-state index contributed by atoms with van der Waals surface area (Å²) in [6, 6.07) is 6.23. The lowest BCUT2D eigenvalue weighted by Crippen LogP contribution is -2.10. The van der Waals surface area contributed by atoms with Gasteiger partial charge in [0.2, 0.25) is 0 Å². The molecule has 1 aromatic heterocycles. The summed E-state index contributed by atoms with van der Waals surface area (Å²) in [6.07, 6.45) is 2.83. The Labute approximate surface area is 125 Å². The Balaban J connectivity index is 1.85.